The summed E-state index contributed by atoms with van der Waals surface area (Å²) in [7, 11) is 1.50. The molecule has 6 rings (SSSR count). The number of nitrogens with one attached hydrogen (secondary N) is 4. The summed E-state index contributed by atoms with van der Waals surface area (Å²) in [5.41, 5.74) is 0.604. The van der Waals surface area contributed by atoms with Gasteiger partial charge in [0.1, 0.15) is 29.1 Å². The average molecular weight is 599 g/mol. The minimum atomic E-state index is -1.18. The van der Waals surface area contributed by atoms with Crippen molar-refractivity contribution < 1.29 is 28.2 Å². The highest BCUT2D eigenvalue weighted by molar-refractivity contribution is 6.17. The minimum absolute atomic E-state index is 0.244. The van der Waals surface area contributed by atoms with Gasteiger partial charge in [-0.25, -0.2) is 14.4 Å². The first-order valence-electron chi connectivity index (χ1n) is 14.4. The van der Waals surface area contributed by atoms with Gasteiger partial charge < -0.3 is 30.7 Å². The van der Waals surface area contributed by atoms with Crippen LogP contribution in [0.3, 0.4) is 0 Å². The van der Waals surface area contributed by atoms with Gasteiger partial charge in [0.2, 0.25) is 17.7 Å². The van der Waals surface area contributed by atoms with Crippen molar-refractivity contribution in [1.82, 2.24) is 20.6 Å². The molecule has 0 spiro atoms. The first kappa shape index (κ1) is 29.0. The minimum Gasteiger partial charge on any atom is -0.496 e. The number of halogens is 1. The third-order valence-corrected chi connectivity index (χ3v) is 7.88. The van der Waals surface area contributed by atoms with Crippen LogP contribution in [0.25, 0.3) is 10.9 Å². The maximum absolute atomic E-state index is 13.2. The Morgan fingerprint density at radius 2 is 1.66 bits per heavy atom. The molecular formula is C32H31FN6O5. The van der Waals surface area contributed by atoms with Gasteiger partial charge in [-0.15, -0.1) is 0 Å². The summed E-state index contributed by atoms with van der Waals surface area (Å²) in [5, 5.41) is 12.4. The summed E-state index contributed by atoms with van der Waals surface area (Å²) >= 11 is 0. The normalized spacial score (nSPS) is 16.6. The Bertz CT molecular complexity index is 1700. The van der Waals surface area contributed by atoms with E-state index in [1.54, 1.807) is 36.4 Å². The molecule has 1 saturated heterocycles. The van der Waals surface area contributed by atoms with Crippen LogP contribution in [0.15, 0.2) is 67.0 Å². The number of carbonyl (C=O) groups excluding carboxylic acids is 3. The maximum atomic E-state index is 13.2. The SMILES string of the molecule is COc1cc2ncnc(Oc3ccc(NC(=O)C4(C(=O)Nc5ccc(F)cc5)CC4)cc3)c2cc1C(=O)NC[C@H]1CCCN1. The number of hydrogen-bond acceptors (Lipinski definition) is 8. The molecule has 12 heteroatoms. The van der Waals surface area contributed by atoms with Gasteiger partial charge in [-0.05, 0) is 86.8 Å². The van der Waals surface area contributed by atoms with Crippen molar-refractivity contribution in [2.45, 2.75) is 31.7 Å². The van der Waals surface area contributed by atoms with E-state index >= 15 is 0 Å². The van der Waals surface area contributed by atoms with Crippen LogP contribution in [0.5, 0.6) is 17.4 Å². The highest BCUT2D eigenvalue weighted by Crippen LogP contribution is 2.47. The second-order valence-corrected chi connectivity index (χ2v) is 10.9. The van der Waals surface area contributed by atoms with Crippen molar-refractivity contribution in [3.8, 4) is 17.4 Å². The van der Waals surface area contributed by atoms with Crippen LogP contribution in [-0.2, 0) is 9.59 Å². The Kier molecular flexibility index (Phi) is 8.07. The standard InChI is InChI=1S/C32H31FN6O5/c1-43-27-16-26-24(15-25(27)28(40)35-17-22-3-2-14-34-22)29(37-18-36-26)44-23-10-8-21(9-11-23)39-31(42)32(12-13-32)30(41)38-20-6-4-19(33)5-7-20/h4-11,15-16,18,22,34H,2-3,12-14,17H2,1H3,(H,35,40)(H,38,41)(H,39,42)/t22-/m1/s1. The van der Waals surface area contributed by atoms with Crippen LogP contribution in [0.1, 0.15) is 36.0 Å². The fraction of sp³-hybridized carbons (Fsp3) is 0.281. The summed E-state index contributed by atoms with van der Waals surface area (Å²) < 4.78 is 24.7. The molecule has 2 fully saturated rings. The Morgan fingerprint density at radius 1 is 0.977 bits per heavy atom. The number of hydrogen-bond donors (Lipinski definition) is 4. The topological polar surface area (TPSA) is 144 Å². The molecule has 3 amide bonds. The number of fused-ring (bicyclic) bond motifs is 1. The molecule has 0 bridgehead atoms. The van der Waals surface area contributed by atoms with Gasteiger partial charge in [0.15, 0.2) is 0 Å². The van der Waals surface area contributed by atoms with Gasteiger partial charge in [0.25, 0.3) is 5.91 Å². The average Bonchev–Trinajstić information content (AvgIpc) is 3.70. The molecule has 1 saturated carbocycles. The predicted molar refractivity (Wildman–Crippen MR) is 161 cm³/mol. The third-order valence-electron chi connectivity index (χ3n) is 7.88. The van der Waals surface area contributed by atoms with Gasteiger partial charge in [0, 0.05) is 30.0 Å². The van der Waals surface area contributed by atoms with Crippen LogP contribution in [-0.4, -0.2) is 53.9 Å². The highest BCUT2D eigenvalue weighted by atomic mass is 19.1. The van der Waals surface area contributed by atoms with Gasteiger partial charge in [0.05, 0.1) is 23.6 Å². The van der Waals surface area contributed by atoms with Crippen molar-refractivity contribution in [1.29, 1.82) is 0 Å². The molecule has 2 heterocycles. The summed E-state index contributed by atoms with van der Waals surface area (Å²) in [5.74, 6) is -0.468. The zero-order valence-electron chi connectivity index (χ0n) is 24.0. The number of aromatic nitrogens is 2. The highest BCUT2D eigenvalue weighted by Gasteiger charge is 2.56. The number of nitrogens with zero attached hydrogens (tertiary/aromatic N) is 2. The molecule has 4 N–H and O–H groups in total. The number of methoxy groups -OCH3 is 1. The Balaban J connectivity index is 1.13. The molecule has 226 valence electrons. The summed E-state index contributed by atoms with van der Waals surface area (Å²) in [4.78, 5) is 47.6. The Labute approximate surface area is 252 Å². The second-order valence-electron chi connectivity index (χ2n) is 10.9. The number of amides is 3. The third kappa shape index (κ3) is 6.16. The Hall–Kier alpha value is -5.10. The molecule has 3 aromatic carbocycles. The lowest BCUT2D eigenvalue weighted by atomic mass is 10.0. The van der Waals surface area contributed by atoms with Crippen LogP contribution < -0.4 is 30.7 Å². The zero-order chi connectivity index (χ0) is 30.7. The quantitative estimate of drug-likeness (QED) is 0.197. The second kappa shape index (κ2) is 12.3. The molecule has 0 radical (unpaired) electrons. The number of rotatable bonds is 10. The van der Waals surface area contributed by atoms with E-state index in [2.05, 4.69) is 31.2 Å². The van der Waals surface area contributed by atoms with Crippen LogP contribution >= 0.6 is 0 Å². The van der Waals surface area contributed by atoms with E-state index in [0.717, 1.165) is 19.4 Å². The van der Waals surface area contributed by atoms with E-state index in [-0.39, 0.29) is 17.8 Å². The molecule has 1 aliphatic heterocycles. The number of ether oxygens (including phenoxy) is 2. The van der Waals surface area contributed by atoms with Crippen molar-refractivity contribution in [3.05, 3.63) is 78.4 Å². The van der Waals surface area contributed by atoms with Crippen molar-refractivity contribution in [2.24, 2.45) is 5.41 Å². The lowest BCUT2D eigenvalue weighted by Crippen LogP contribution is -2.37. The molecule has 44 heavy (non-hydrogen) atoms. The van der Waals surface area contributed by atoms with Gasteiger partial charge >= 0.3 is 0 Å². The molecule has 1 atom stereocenters. The number of carbonyl (C=O) groups is 3. The maximum Gasteiger partial charge on any atom is 0.255 e. The van der Waals surface area contributed by atoms with E-state index in [0.29, 0.717) is 58.7 Å². The Morgan fingerprint density at radius 3 is 2.27 bits per heavy atom. The number of anilines is 2. The van der Waals surface area contributed by atoms with E-state index in [4.69, 9.17) is 9.47 Å². The largest absolute Gasteiger partial charge is 0.496 e. The van der Waals surface area contributed by atoms with Gasteiger partial charge in [-0.1, -0.05) is 0 Å². The first-order valence-corrected chi connectivity index (χ1v) is 14.4. The van der Waals surface area contributed by atoms with Crippen LogP contribution in [0.2, 0.25) is 0 Å². The molecule has 0 unspecified atom stereocenters. The van der Waals surface area contributed by atoms with E-state index in [1.807, 2.05) is 0 Å². The fourth-order valence-electron chi connectivity index (χ4n) is 5.16. The van der Waals surface area contributed by atoms with Crippen LogP contribution in [0, 0.1) is 11.2 Å². The molecule has 2 aliphatic rings. The van der Waals surface area contributed by atoms with Crippen LogP contribution in [0.4, 0.5) is 15.8 Å². The summed E-state index contributed by atoms with van der Waals surface area (Å²) in [6.45, 7) is 1.46. The number of benzene rings is 3. The fourth-order valence-corrected chi connectivity index (χ4v) is 5.16. The monoisotopic (exact) mass is 598 g/mol. The first-order chi connectivity index (χ1) is 21.3. The molecule has 1 aliphatic carbocycles. The molecule has 4 aromatic rings. The lowest BCUT2D eigenvalue weighted by molar-refractivity contribution is -0.131. The van der Waals surface area contributed by atoms with Gasteiger partial charge in [-0.3, -0.25) is 14.4 Å². The van der Waals surface area contributed by atoms with Crippen molar-refractivity contribution in [3.63, 3.8) is 0 Å². The van der Waals surface area contributed by atoms with Gasteiger partial charge in [-0.2, -0.15) is 0 Å². The van der Waals surface area contributed by atoms with E-state index < -0.39 is 23.0 Å². The zero-order valence-corrected chi connectivity index (χ0v) is 24.0. The van der Waals surface area contributed by atoms with Crippen molar-refractivity contribution in [2.75, 3.05) is 30.8 Å². The lowest BCUT2D eigenvalue weighted by Gasteiger charge is -2.16. The predicted octanol–water partition coefficient (Wildman–Crippen LogP) is 4.41. The molecule has 1 aromatic heterocycles. The summed E-state index contributed by atoms with van der Waals surface area (Å²) in [6, 6.07) is 15.6. The smallest absolute Gasteiger partial charge is 0.255 e. The van der Waals surface area contributed by atoms with E-state index in [1.165, 1.54) is 37.7 Å². The molecule has 11 nitrogen and oxygen atoms in total. The molecular weight excluding hydrogens is 567 g/mol. The summed E-state index contributed by atoms with van der Waals surface area (Å²) in [6.07, 6.45) is 4.29. The van der Waals surface area contributed by atoms with Crippen molar-refractivity contribution >= 4 is 40.0 Å². The van der Waals surface area contributed by atoms with E-state index in [9.17, 15) is 18.8 Å².